The summed E-state index contributed by atoms with van der Waals surface area (Å²) in [6.07, 6.45) is 5.24. The van der Waals surface area contributed by atoms with Gasteiger partial charge in [-0.1, -0.05) is 72.4 Å². The molecule has 0 radical (unpaired) electrons. The minimum Gasteiger partial charge on any atom is -0.352 e. The fourth-order valence-corrected chi connectivity index (χ4v) is 4.32. The first kappa shape index (κ1) is 22.6. The lowest BCUT2D eigenvalue weighted by Gasteiger charge is -2.30. The standard InChI is InChI=1S/C24H28Cl2N2O2/c1-17(24(30)27-21-9-5-6-10-21)28(16-19-12-13-20(25)15-22(19)26)23(29)14-11-18-7-3-2-4-8-18/h2-4,7-8,12-13,15,17,21H,5-6,9-11,14,16H2,1H3,(H,27,30)/t17-/m0/s1. The molecule has 1 fully saturated rings. The quantitative estimate of drug-likeness (QED) is 0.589. The highest BCUT2D eigenvalue weighted by Gasteiger charge is 2.28. The number of nitrogens with one attached hydrogen (secondary N) is 1. The van der Waals surface area contributed by atoms with E-state index in [9.17, 15) is 9.59 Å². The minimum absolute atomic E-state index is 0.0704. The van der Waals surface area contributed by atoms with Gasteiger partial charge in [-0.2, -0.15) is 0 Å². The molecule has 6 heteroatoms. The Kier molecular flexibility index (Phi) is 8.17. The number of carbonyl (C=O) groups is 2. The van der Waals surface area contributed by atoms with E-state index in [-0.39, 0.29) is 24.4 Å². The van der Waals surface area contributed by atoms with Gasteiger partial charge >= 0.3 is 0 Å². The summed E-state index contributed by atoms with van der Waals surface area (Å²) >= 11 is 12.4. The van der Waals surface area contributed by atoms with Gasteiger partial charge in [0.05, 0.1) is 0 Å². The fourth-order valence-electron chi connectivity index (χ4n) is 3.85. The summed E-state index contributed by atoms with van der Waals surface area (Å²) in [5, 5.41) is 4.14. The van der Waals surface area contributed by atoms with Crippen molar-refractivity contribution in [1.82, 2.24) is 10.2 Å². The van der Waals surface area contributed by atoms with Crippen LogP contribution in [0, 0.1) is 0 Å². The smallest absolute Gasteiger partial charge is 0.242 e. The Bertz CT molecular complexity index is 867. The number of halogens is 2. The van der Waals surface area contributed by atoms with E-state index in [1.165, 1.54) is 0 Å². The summed E-state index contributed by atoms with van der Waals surface area (Å²) in [5.74, 6) is -0.181. The molecular formula is C24H28Cl2N2O2. The lowest BCUT2D eigenvalue weighted by molar-refractivity contribution is -0.140. The van der Waals surface area contributed by atoms with Crippen molar-refractivity contribution in [3.8, 4) is 0 Å². The second kappa shape index (κ2) is 10.8. The van der Waals surface area contributed by atoms with Crippen LogP contribution < -0.4 is 5.32 Å². The van der Waals surface area contributed by atoms with Crippen molar-refractivity contribution in [2.45, 2.75) is 64.1 Å². The highest BCUT2D eigenvalue weighted by Crippen LogP contribution is 2.24. The van der Waals surface area contributed by atoms with Gasteiger partial charge in [0, 0.05) is 29.1 Å². The molecule has 3 rings (SSSR count). The number of carbonyl (C=O) groups excluding carboxylic acids is 2. The molecular weight excluding hydrogens is 419 g/mol. The Morgan fingerprint density at radius 2 is 1.80 bits per heavy atom. The van der Waals surface area contributed by atoms with Gasteiger partial charge < -0.3 is 10.2 Å². The molecule has 1 aliphatic rings. The molecule has 30 heavy (non-hydrogen) atoms. The second-order valence-electron chi connectivity index (χ2n) is 7.91. The molecule has 2 aromatic carbocycles. The van der Waals surface area contributed by atoms with Crippen LogP contribution in [-0.2, 0) is 22.6 Å². The van der Waals surface area contributed by atoms with Crippen LogP contribution in [0.2, 0.25) is 10.0 Å². The van der Waals surface area contributed by atoms with E-state index >= 15 is 0 Å². The van der Waals surface area contributed by atoms with Gasteiger partial charge in [-0.3, -0.25) is 9.59 Å². The molecule has 2 aromatic rings. The zero-order valence-electron chi connectivity index (χ0n) is 17.2. The van der Waals surface area contributed by atoms with Crippen LogP contribution in [-0.4, -0.2) is 28.8 Å². The third kappa shape index (κ3) is 6.23. The molecule has 2 amide bonds. The Balaban J connectivity index is 1.73. The summed E-state index contributed by atoms with van der Waals surface area (Å²) in [6, 6.07) is 14.7. The van der Waals surface area contributed by atoms with Gasteiger partial charge in [0.25, 0.3) is 0 Å². The lowest BCUT2D eigenvalue weighted by Crippen LogP contribution is -2.49. The maximum atomic E-state index is 13.2. The van der Waals surface area contributed by atoms with E-state index in [0.29, 0.717) is 22.9 Å². The number of hydrogen-bond donors (Lipinski definition) is 1. The van der Waals surface area contributed by atoms with Crippen molar-refractivity contribution in [2.75, 3.05) is 0 Å². The van der Waals surface area contributed by atoms with Crippen molar-refractivity contribution in [3.05, 3.63) is 69.7 Å². The Hall–Kier alpha value is -2.04. The van der Waals surface area contributed by atoms with Gasteiger partial charge in [0.15, 0.2) is 0 Å². The molecule has 0 unspecified atom stereocenters. The highest BCUT2D eigenvalue weighted by molar-refractivity contribution is 6.35. The Morgan fingerprint density at radius 3 is 2.47 bits per heavy atom. The molecule has 160 valence electrons. The largest absolute Gasteiger partial charge is 0.352 e. The Labute approximate surface area is 188 Å². The van der Waals surface area contributed by atoms with Gasteiger partial charge in [-0.15, -0.1) is 0 Å². The highest BCUT2D eigenvalue weighted by atomic mass is 35.5. The van der Waals surface area contributed by atoms with Crippen molar-refractivity contribution in [3.63, 3.8) is 0 Å². The van der Waals surface area contributed by atoms with E-state index in [1.54, 1.807) is 24.0 Å². The van der Waals surface area contributed by atoms with Crippen molar-refractivity contribution >= 4 is 35.0 Å². The molecule has 0 heterocycles. The maximum absolute atomic E-state index is 13.2. The normalized spacial score (nSPS) is 15.0. The van der Waals surface area contributed by atoms with Crippen LogP contribution in [0.5, 0.6) is 0 Å². The molecule has 4 nitrogen and oxygen atoms in total. The Morgan fingerprint density at radius 1 is 1.10 bits per heavy atom. The molecule has 1 aliphatic carbocycles. The SMILES string of the molecule is C[C@@H](C(=O)NC1CCCC1)N(Cc1ccc(Cl)cc1Cl)C(=O)CCc1ccccc1. The average Bonchev–Trinajstić information content (AvgIpc) is 3.25. The average molecular weight is 447 g/mol. The van der Waals surface area contributed by atoms with E-state index in [0.717, 1.165) is 36.8 Å². The lowest BCUT2D eigenvalue weighted by atomic mass is 10.1. The number of amides is 2. The zero-order chi connectivity index (χ0) is 21.5. The minimum atomic E-state index is -0.583. The molecule has 1 saturated carbocycles. The second-order valence-corrected chi connectivity index (χ2v) is 8.75. The number of benzene rings is 2. The third-order valence-corrected chi connectivity index (χ3v) is 6.28. The van der Waals surface area contributed by atoms with Gasteiger partial charge in [-0.05, 0) is 49.4 Å². The van der Waals surface area contributed by atoms with Crippen molar-refractivity contribution < 1.29 is 9.59 Å². The number of aryl methyl sites for hydroxylation is 1. The first-order valence-corrected chi connectivity index (χ1v) is 11.3. The zero-order valence-corrected chi connectivity index (χ0v) is 18.8. The molecule has 0 saturated heterocycles. The van der Waals surface area contributed by atoms with E-state index in [2.05, 4.69) is 5.32 Å². The number of nitrogens with zero attached hydrogens (tertiary/aromatic N) is 1. The summed E-state index contributed by atoms with van der Waals surface area (Å²) in [5.41, 5.74) is 1.87. The van der Waals surface area contributed by atoms with Crippen molar-refractivity contribution in [1.29, 1.82) is 0 Å². The molecule has 0 aliphatic heterocycles. The predicted molar refractivity (Wildman–Crippen MR) is 122 cm³/mol. The summed E-state index contributed by atoms with van der Waals surface area (Å²) in [6.45, 7) is 2.05. The monoisotopic (exact) mass is 446 g/mol. The molecule has 0 spiro atoms. The van der Waals surface area contributed by atoms with Crippen molar-refractivity contribution in [2.24, 2.45) is 0 Å². The van der Waals surface area contributed by atoms with E-state index in [1.807, 2.05) is 36.4 Å². The van der Waals surface area contributed by atoms with Crippen LogP contribution in [0.1, 0.15) is 50.2 Å². The first-order valence-electron chi connectivity index (χ1n) is 10.5. The predicted octanol–water partition coefficient (Wildman–Crippen LogP) is 5.40. The van der Waals surface area contributed by atoms with Crippen LogP contribution >= 0.6 is 23.2 Å². The van der Waals surface area contributed by atoms with Gasteiger partial charge in [0.1, 0.15) is 6.04 Å². The van der Waals surface area contributed by atoms with Crippen LogP contribution in [0.3, 0.4) is 0 Å². The van der Waals surface area contributed by atoms with E-state index < -0.39 is 6.04 Å². The summed E-state index contributed by atoms with van der Waals surface area (Å²) in [7, 11) is 0. The molecule has 0 aromatic heterocycles. The molecule has 1 N–H and O–H groups in total. The number of rotatable bonds is 8. The molecule has 1 atom stereocenters. The first-order chi connectivity index (χ1) is 14.4. The molecule has 0 bridgehead atoms. The topological polar surface area (TPSA) is 49.4 Å². The summed E-state index contributed by atoms with van der Waals surface area (Å²) < 4.78 is 0. The fraction of sp³-hybridized carbons (Fsp3) is 0.417. The van der Waals surface area contributed by atoms with Gasteiger partial charge in [-0.25, -0.2) is 0 Å². The maximum Gasteiger partial charge on any atom is 0.242 e. The van der Waals surface area contributed by atoms with Crippen LogP contribution in [0.4, 0.5) is 0 Å². The van der Waals surface area contributed by atoms with Crippen LogP contribution in [0.15, 0.2) is 48.5 Å². The van der Waals surface area contributed by atoms with Crippen LogP contribution in [0.25, 0.3) is 0 Å². The summed E-state index contributed by atoms with van der Waals surface area (Å²) in [4.78, 5) is 27.7. The van der Waals surface area contributed by atoms with E-state index in [4.69, 9.17) is 23.2 Å². The van der Waals surface area contributed by atoms with Gasteiger partial charge in [0.2, 0.25) is 11.8 Å². The number of hydrogen-bond acceptors (Lipinski definition) is 2. The third-order valence-electron chi connectivity index (χ3n) is 5.70.